The number of hydrogen-bond donors (Lipinski definition) is 1. The van der Waals surface area contributed by atoms with E-state index in [1.54, 1.807) is 7.11 Å². The van der Waals surface area contributed by atoms with Crippen molar-refractivity contribution in [1.29, 1.82) is 0 Å². The summed E-state index contributed by atoms with van der Waals surface area (Å²) < 4.78 is 5.46. The van der Waals surface area contributed by atoms with Gasteiger partial charge in [0.1, 0.15) is 5.75 Å². The third kappa shape index (κ3) is 3.34. The predicted octanol–water partition coefficient (Wildman–Crippen LogP) is 2.80. The molecule has 4 heteroatoms. The molecule has 2 rings (SSSR count). The molecule has 0 aliphatic carbocycles. The van der Waals surface area contributed by atoms with Crippen LogP contribution in [0.1, 0.15) is 22.4 Å². The molecule has 1 aromatic heterocycles. The van der Waals surface area contributed by atoms with Crippen molar-refractivity contribution in [2.24, 2.45) is 5.73 Å². The van der Waals surface area contributed by atoms with Crippen LogP contribution in [0.15, 0.2) is 30.5 Å². The summed E-state index contributed by atoms with van der Waals surface area (Å²) in [5.74, 6) is 0.923. The van der Waals surface area contributed by atoms with E-state index in [-0.39, 0.29) is 0 Å². The molecule has 1 heterocycles. The van der Waals surface area contributed by atoms with Gasteiger partial charge in [-0.25, -0.2) is 0 Å². The van der Waals surface area contributed by atoms with Gasteiger partial charge >= 0.3 is 0 Å². The van der Waals surface area contributed by atoms with Crippen LogP contribution in [-0.4, -0.2) is 19.1 Å². The summed E-state index contributed by atoms with van der Waals surface area (Å²) >= 11 is 0. The Kier molecular flexibility index (Phi) is 4.81. The summed E-state index contributed by atoms with van der Waals surface area (Å²) in [6, 6.07) is 8.29. The Morgan fingerprint density at radius 1 is 1.19 bits per heavy atom. The van der Waals surface area contributed by atoms with Crippen molar-refractivity contribution < 1.29 is 4.74 Å². The third-order valence-corrected chi connectivity index (χ3v) is 3.75. The minimum atomic E-state index is 0.569. The van der Waals surface area contributed by atoms with E-state index < -0.39 is 0 Å². The quantitative estimate of drug-likeness (QED) is 0.918. The van der Waals surface area contributed by atoms with Crippen LogP contribution in [0.4, 0.5) is 5.69 Å². The van der Waals surface area contributed by atoms with Crippen LogP contribution in [0, 0.1) is 13.8 Å². The number of aromatic nitrogens is 1. The molecule has 0 atom stereocenters. The van der Waals surface area contributed by atoms with Crippen molar-refractivity contribution >= 4 is 5.69 Å². The molecule has 0 radical (unpaired) electrons. The van der Waals surface area contributed by atoms with Gasteiger partial charge in [0.15, 0.2) is 0 Å². The Hall–Kier alpha value is -2.07. The maximum atomic E-state index is 5.63. The Bertz CT molecular complexity index is 608. The lowest BCUT2D eigenvalue weighted by atomic mass is 10.1. The first-order chi connectivity index (χ1) is 10.1. The zero-order valence-electron chi connectivity index (χ0n) is 13.2. The maximum absolute atomic E-state index is 5.63. The van der Waals surface area contributed by atoms with Gasteiger partial charge < -0.3 is 15.4 Å². The van der Waals surface area contributed by atoms with Crippen LogP contribution < -0.4 is 15.4 Å². The lowest BCUT2D eigenvalue weighted by molar-refractivity contribution is 0.407. The predicted molar refractivity (Wildman–Crippen MR) is 86.7 cm³/mol. The number of pyridine rings is 1. The Morgan fingerprint density at radius 3 is 2.43 bits per heavy atom. The van der Waals surface area contributed by atoms with Gasteiger partial charge in [-0.1, -0.05) is 12.1 Å². The zero-order valence-corrected chi connectivity index (χ0v) is 13.2. The van der Waals surface area contributed by atoms with Gasteiger partial charge in [0.2, 0.25) is 0 Å². The fourth-order valence-corrected chi connectivity index (χ4v) is 2.43. The van der Waals surface area contributed by atoms with Crippen molar-refractivity contribution in [3.63, 3.8) is 0 Å². The first kappa shape index (κ1) is 15.3. The molecule has 0 fully saturated rings. The summed E-state index contributed by atoms with van der Waals surface area (Å²) in [5, 5.41) is 0. The third-order valence-electron chi connectivity index (χ3n) is 3.75. The number of nitrogens with zero attached hydrogens (tertiary/aromatic N) is 2. The SMILES string of the molecule is COc1c(C)cnc(CN(C)c2ccc(CN)cc2)c1C. The average molecular weight is 285 g/mol. The highest BCUT2D eigenvalue weighted by molar-refractivity contribution is 5.49. The van der Waals surface area contributed by atoms with Crippen LogP contribution in [0.25, 0.3) is 0 Å². The number of aryl methyl sites for hydroxylation is 1. The molecule has 4 nitrogen and oxygen atoms in total. The van der Waals surface area contributed by atoms with Crippen molar-refractivity contribution in [3.05, 3.63) is 52.8 Å². The molecule has 1 aromatic carbocycles. The van der Waals surface area contributed by atoms with E-state index in [9.17, 15) is 0 Å². The van der Waals surface area contributed by atoms with E-state index in [2.05, 4.69) is 48.1 Å². The van der Waals surface area contributed by atoms with Gasteiger partial charge in [-0.05, 0) is 31.5 Å². The summed E-state index contributed by atoms with van der Waals surface area (Å²) in [6.07, 6.45) is 1.87. The largest absolute Gasteiger partial charge is 0.496 e. The molecule has 0 spiro atoms. The second-order valence-electron chi connectivity index (χ2n) is 5.27. The molecule has 0 aliphatic rings. The van der Waals surface area contributed by atoms with Gasteiger partial charge in [-0.3, -0.25) is 4.98 Å². The first-order valence-electron chi connectivity index (χ1n) is 7.06. The van der Waals surface area contributed by atoms with Crippen LogP contribution in [0.3, 0.4) is 0 Å². The lowest BCUT2D eigenvalue weighted by Crippen LogP contribution is -2.18. The highest BCUT2D eigenvalue weighted by Crippen LogP contribution is 2.25. The van der Waals surface area contributed by atoms with E-state index in [1.165, 1.54) is 0 Å². The average Bonchev–Trinajstić information content (AvgIpc) is 2.50. The van der Waals surface area contributed by atoms with Gasteiger partial charge in [-0.2, -0.15) is 0 Å². The van der Waals surface area contributed by atoms with Gasteiger partial charge in [-0.15, -0.1) is 0 Å². The monoisotopic (exact) mass is 285 g/mol. The fourth-order valence-electron chi connectivity index (χ4n) is 2.43. The molecular formula is C17H23N3O. The molecule has 0 saturated heterocycles. The molecule has 0 unspecified atom stereocenters. The van der Waals surface area contributed by atoms with E-state index in [0.717, 1.165) is 40.4 Å². The maximum Gasteiger partial charge on any atom is 0.128 e. The second-order valence-corrected chi connectivity index (χ2v) is 5.27. The van der Waals surface area contributed by atoms with Gasteiger partial charge in [0, 0.05) is 36.6 Å². The number of benzene rings is 1. The molecule has 21 heavy (non-hydrogen) atoms. The number of anilines is 1. The molecule has 0 saturated carbocycles. The highest BCUT2D eigenvalue weighted by atomic mass is 16.5. The smallest absolute Gasteiger partial charge is 0.128 e. The summed E-state index contributed by atoms with van der Waals surface area (Å²) in [6.45, 7) is 5.38. The topological polar surface area (TPSA) is 51.4 Å². The van der Waals surface area contributed by atoms with Crippen molar-refractivity contribution in [2.75, 3.05) is 19.1 Å². The molecule has 112 valence electrons. The van der Waals surface area contributed by atoms with Gasteiger partial charge in [0.25, 0.3) is 0 Å². The van der Waals surface area contributed by atoms with Crippen LogP contribution in [-0.2, 0) is 13.1 Å². The van der Waals surface area contributed by atoms with E-state index in [1.807, 2.05) is 13.1 Å². The number of methoxy groups -OCH3 is 1. The first-order valence-corrected chi connectivity index (χ1v) is 7.06. The molecule has 2 N–H and O–H groups in total. The number of rotatable bonds is 5. The molecular weight excluding hydrogens is 262 g/mol. The molecule has 2 aromatic rings. The van der Waals surface area contributed by atoms with Crippen molar-refractivity contribution in [2.45, 2.75) is 26.9 Å². The lowest BCUT2D eigenvalue weighted by Gasteiger charge is -2.21. The minimum Gasteiger partial charge on any atom is -0.496 e. The molecule has 0 bridgehead atoms. The standard InChI is InChI=1S/C17H23N3O/c1-12-10-19-16(13(2)17(12)21-4)11-20(3)15-7-5-14(9-18)6-8-15/h5-8,10H,9,11,18H2,1-4H3. The molecule has 0 amide bonds. The Labute approximate surface area is 126 Å². The van der Waals surface area contributed by atoms with Crippen molar-refractivity contribution in [1.82, 2.24) is 4.98 Å². The van der Waals surface area contributed by atoms with Crippen LogP contribution >= 0.6 is 0 Å². The number of nitrogens with two attached hydrogens (primary N) is 1. The zero-order chi connectivity index (χ0) is 15.4. The van der Waals surface area contributed by atoms with E-state index in [0.29, 0.717) is 6.54 Å². The highest BCUT2D eigenvalue weighted by Gasteiger charge is 2.11. The van der Waals surface area contributed by atoms with Gasteiger partial charge in [0.05, 0.1) is 19.3 Å². The summed E-state index contributed by atoms with van der Waals surface area (Å²) in [5.41, 5.74) is 11.1. The number of hydrogen-bond acceptors (Lipinski definition) is 4. The Balaban J connectivity index is 2.20. The fraction of sp³-hybridized carbons (Fsp3) is 0.353. The second kappa shape index (κ2) is 6.59. The van der Waals surface area contributed by atoms with E-state index >= 15 is 0 Å². The van der Waals surface area contributed by atoms with E-state index in [4.69, 9.17) is 10.5 Å². The van der Waals surface area contributed by atoms with Crippen LogP contribution in [0.2, 0.25) is 0 Å². The van der Waals surface area contributed by atoms with Crippen molar-refractivity contribution in [3.8, 4) is 5.75 Å². The minimum absolute atomic E-state index is 0.569. The Morgan fingerprint density at radius 2 is 1.86 bits per heavy atom. The summed E-state index contributed by atoms with van der Waals surface area (Å²) in [7, 11) is 3.76. The normalized spacial score (nSPS) is 10.5. The van der Waals surface area contributed by atoms with Crippen LogP contribution in [0.5, 0.6) is 5.75 Å². The number of ether oxygens (including phenoxy) is 1. The molecule has 0 aliphatic heterocycles. The summed E-state index contributed by atoms with van der Waals surface area (Å²) in [4.78, 5) is 6.72.